The van der Waals surface area contributed by atoms with Crippen molar-refractivity contribution in [3.8, 4) is 5.75 Å². The lowest BCUT2D eigenvalue weighted by molar-refractivity contribution is 0.0939. The molecule has 2 aromatic rings. The fraction of sp³-hybridized carbons (Fsp3) is 0.267. The first-order valence-corrected chi connectivity index (χ1v) is 6.14. The number of rotatable bonds is 3. The minimum atomic E-state index is -0.0562. The number of hydrogen-bond donors (Lipinski definition) is 2. The zero-order valence-corrected chi connectivity index (χ0v) is 10.6. The molecule has 1 atom stereocenters. The first-order chi connectivity index (χ1) is 8.60. The van der Waals surface area contributed by atoms with E-state index in [1.165, 1.54) is 0 Å². The topological polar surface area (TPSA) is 49.3 Å². The number of hydrogen-bond acceptors (Lipinski definition) is 2. The fourth-order valence-corrected chi connectivity index (χ4v) is 1.78. The van der Waals surface area contributed by atoms with Crippen LogP contribution in [-0.2, 0) is 0 Å². The molecule has 2 N–H and O–H groups in total. The summed E-state index contributed by atoms with van der Waals surface area (Å²) in [5, 5.41) is 14.2. The largest absolute Gasteiger partial charge is 0.508 e. The normalized spacial score (nSPS) is 12.3. The third kappa shape index (κ3) is 2.62. The number of phenols is 1. The lowest BCUT2D eigenvalue weighted by atomic mass is 10.1. The van der Waals surface area contributed by atoms with Gasteiger partial charge in [0.1, 0.15) is 5.75 Å². The van der Waals surface area contributed by atoms with Crippen molar-refractivity contribution in [3.05, 3.63) is 42.0 Å². The number of carbonyl (C=O) groups excluding carboxylic acids is 1. The second kappa shape index (κ2) is 5.08. The Hall–Kier alpha value is -2.03. The van der Waals surface area contributed by atoms with Crippen LogP contribution in [0.3, 0.4) is 0 Å². The Morgan fingerprint density at radius 1 is 1.22 bits per heavy atom. The summed E-state index contributed by atoms with van der Waals surface area (Å²) < 4.78 is 0. The summed E-state index contributed by atoms with van der Waals surface area (Å²) in [6, 6.07) is 10.8. The minimum absolute atomic E-state index is 0.0562. The van der Waals surface area contributed by atoms with Gasteiger partial charge in [-0.1, -0.05) is 19.1 Å². The van der Waals surface area contributed by atoms with Crippen LogP contribution in [0, 0.1) is 0 Å². The van der Waals surface area contributed by atoms with Gasteiger partial charge in [0.25, 0.3) is 5.91 Å². The maximum Gasteiger partial charge on any atom is 0.251 e. The van der Waals surface area contributed by atoms with Gasteiger partial charge in [-0.2, -0.15) is 0 Å². The lowest BCUT2D eigenvalue weighted by Gasteiger charge is -2.11. The van der Waals surface area contributed by atoms with E-state index in [0.29, 0.717) is 5.56 Å². The Balaban J connectivity index is 2.30. The molecule has 0 fully saturated rings. The summed E-state index contributed by atoms with van der Waals surface area (Å²) in [6.07, 6.45) is 0.910. The number of nitrogens with one attached hydrogen (secondary N) is 1. The van der Waals surface area contributed by atoms with E-state index in [9.17, 15) is 9.90 Å². The highest BCUT2D eigenvalue weighted by molar-refractivity contribution is 5.98. The van der Waals surface area contributed by atoms with E-state index in [2.05, 4.69) is 5.32 Å². The summed E-state index contributed by atoms with van der Waals surface area (Å²) in [7, 11) is 0. The molecular weight excluding hydrogens is 226 g/mol. The molecule has 0 bridgehead atoms. The molecule has 2 aromatic carbocycles. The molecule has 1 amide bonds. The predicted octanol–water partition coefficient (Wildman–Crippen LogP) is 3.07. The van der Waals surface area contributed by atoms with Crippen molar-refractivity contribution in [1.29, 1.82) is 0 Å². The van der Waals surface area contributed by atoms with Crippen LogP contribution < -0.4 is 5.32 Å². The molecule has 1 unspecified atom stereocenters. The standard InChI is InChI=1S/C15H17NO2/c1-3-10(2)16-15(18)13-5-4-12-9-14(17)7-6-11(12)8-13/h4-10,17H,3H2,1-2H3,(H,16,18). The maximum atomic E-state index is 12.0. The molecule has 0 spiro atoms. The number of benzene rings is 2. The summed E-state index contributed by atoms with van der Waals surface area (Å²) in [5.41, 5.74) is 0.647. The molecule has 3 heteroatoms. The molecule has 0 aliphatic carbocycles. The zero-order valence-electron chi connectivity index (χ0n) is 10.6. The molecule has 0 heterocycles. The van der Waals surface area contributed by atoms with Crippen molar-refractivity contribution < 1.29 is 9.90 Å². The maximum absolute atomic E-state index is 12.0. The van der Waals surface area contributed by atoms with E-state index >= 15 is 0 Å². The van der Waals surface area contributed by atoms with E-state index in [4.69, 9.17) is 0 Å². The van der Waals surface area contributed by atoms with Gasteiger partial charge in [-0.15, -0.1) is 0 Å². The first kappa shape index (κ1) is 12.4. The Labute approximate surface area is 106 Å². The van der Waals surface area contributed by atoms with Gasteiger partial charge < -0.3 is 10.4 Å². The van der Waals surface area contributed by atoms with Gasteiger partial charge in [-0.25, -0.2) is 0 Å². The molecule has 2 rings (SSSR count). The fourth-order valence-electron chi connectivity index (χ4n) is 1.78. The zero-order chi connectivity index (χ0) is 13.1. The van der Waals surface area contributed by atoms with Crippen LogP contribution >= 0.6 is 0 Å². The van der Waals surface area contributed by atoms with Crippen LogP contribution in [-0.4, -0.2) is 17.1 Å². The van der Waals surface area contributed by atoms with Crippen molar-refractivity contribution in [1.82, 2.24) is 5.32 Å². The van der Waals surface area contributed by atoms with Gasteiger partial charge in [0.15, 0.2) is 0 Å². The van der Waals surface area contributed by atoms with Crippen molar-refractivity contribution >= 4 is 16.7 Å². The van der Waals surface area contributed by atoms with Crippen LogP contribution in [0.4, 0.5) is 0 Å². The van der Waals surface area contributed by atoms with E-state index < -0.39 is 0 Å². The molecule has 0 aliphatic heterocycles. The Kier molecular flexibility index (Phi) is 3.51. The average molecular weight is 243 g/mol. The molecule has 0 saturated heterocycles. The van der Waals surface area contributed by atoms with Gasteiger partial charge >= 0.3 is 0 Å². The molecular formula is C15H17NO2. The van der Waals surface area contributed by atoms with Gasteiger partial charge in [0.05, 0.1) is 0 Å². The number of aromatic hydroxyl groups is 1. The SMILES string of the molecule is CCC(C)NC(=O)c1ccc2cc(O)ccc2c1. The molecule has 0 saturated carbocycles. The minimum Gasteiger partial charge on any atom is -0.508 e. The third-order valence-corrected chi connectivity index (χ3v) is 3.08. The molecule has 94 valence electrons. The smallest absolute Gasteiger partial charge is 0.251 e. The van der Waals surface area contributed by atoms with Crippen LogP contribution in [0.2, 0.25) is 0 Å². The quantitative estimate of drug-likeness (QED) is 0.870. The first-order valence-electron chi connectivity index (χ1n) is 6.14. The average Bonchev–Trinajstić information content (AvgIpc) is 2.37. The van der Waals surface area contributed by atoms with Crippen molar-refractivity contribution in [2.45, 2.75) is 26.3 Å². The lowest BCUT2D eigenvalue weighted by Crippen LogP contribution is -2.31. The van der Waals surface area contributed by atoms with Gasteiger partial charge in [0, 0.05) is 11.6 Å². The van der Waals surface area contributed by atoms with Crippen LogP contribution in [0.25, 0.3) is 10.8 Å². The van der Waals surface area contributed by atoms with Crippen molar-refractivity contribution in [3.63, 3.8) is 0 Å². The molecule has 3 nitrogen and oxygen atoms in total. The summed E-state index contributed by atoms with van der Waals surface area (Å²) >= 11 is 0. The highest BCUT2D eigenvalue weighted by Gasteiger charge is 2.08. The Morgan fingerprint density at radius 3 is 2.61 bits per heavy atom. The van der Waals surface area contributed by atoms with Gasteiger partial charge in [-0.3, -0.25) is 4.79 Å². The molecule has 0 radical (unpaired) electrons. The second-order valence-corrected chi connectivity index (χ2v) is 4.53. The third-order valence-electron chi connectivity index (χ3n) is 3.08. The molecule has 0 aromatic heterocycles. The Bertz CT molecular complexity index is 578. The number of phenolic OH excluding ortho intramolecular Hbond substituents is 1. The second-order valence-electron chi connectivity index (χ2n) is 4.53. The number of carbonyl (C=O) groups is 1. The van der Waals surface area contributed by atoms with E-state index in [-0.39, 0.29) is 17.7 Å². The molecule has 0 aliphatic rings. The van der Waals surface area contributed by atoms with Crippen LogP contribution in [0.15, 0.2) is 36.4 Å². The summed E-state index contributed by atoms with van der Waals surface area (Å²) in [5.74, 6) is 0.179. The Morgan fingerprint density at radius 2 is 1.89 bits per heavy atom. The van der Waals surface area contributed by atoms with Crippen molar-refractivity contribution in [2.75, 3.05) is 0 Å². The monoisotopic (exact) mass is 243 g/mol. The van der Waals surface area contributed by atoms with Crippen LogP contribution in [0.1, 0.15) is 30.6 Å². The number of fused-ring (bicyclic) bond motifs is 1. The van der Waals surface area contributed by atoms with Gasteiger partial charge in [0.2, 0.25) is 0 Å². The highest BCUT2D eigenvalue weighted by Crippen LogP contribution is 2.21. The summed E-state index contributed by atoms with van der Waals surface area (Å²) in [4.78, 5) is 12.0. The van der Waals surface area contributed by atoms with Crippen LogP contribution in [0.5, 0.6) is 5.75 Å². The highest BCUT2D eigenvalue weighted by atomic mass is 16.3. The summed E-state index contributed by atoms with van der Waals surface area (Å²) in [6.45, 7) is 4.02. The van der Waals surface area contributed by atoms with Crippen molar-refractivity contribution in [2.24, 2.45) is 0 Å². The number of amides is 1. The van der Waals surface area contributed by atoms with E-state index in [0.717, 1.165) is 17.2 Å². The van der Waals surface area contributed by atoms with Gasteiger partial charge in [-0.05, 0) is 48.4 Å². The molecule has 18 heavy (non-hydrogen) atoms. The van der Waals surface area contributed by atoms with E-state index in [1.807, 2.05) is 32.0 Å². The predicted molar refractivity (Wildman–Crippen MR) is 72.8 cm³/mol. The van der Waals surface area contributed by atoms with E-state index in [1.54, 1.807) is 18.2 Å².